The first-order valence-electron chi connectivity index (χ1n) is 7.47. The first-order chi connectivity index (χ1) is 10.6. The number of hydrogen-bond donors (Lipinski definition) is 2. The largest absolute Gasteiger partial charge is 0.320 e. The van der Waals surface area contributed by atoms with Crippen molar-refractivity contribution in [3.8, 4) is 0 Å². The molecule has 2 N–H and O–H groups in total. The molecule has 116 valence electrons. The molecule has 0 radical (unpaired) electrons. The number of halogens is 1. The third-order valence-corrected chi connectivity index (χ3v) is 4.41. The number of carbonyl (C=O) groups excluding carboxylic acids is 1. The molecule has 22 heavy (non-hydrogen) atoms. The maximum absolute atomic E-state index is 12.3. The average Bonchev–Trinajstić information content (AvgIpc) is 3.03. The lowest BCUT2D eigenvalue weighted by Crippen LogP contribution is -2.32. The van der Waals surface area contributed by atoms with Gasteiger partial charge in [0.1, 0.15) is 0 Å². The number of rotatable bonds is 3. The predicted octanol–water partition coefficient (Wildman–Crippen LogP) is 3.02. The van der Waals surface area contributed by atoms with E-state index in [1.165, 1.54) is 0 Å². The van der Waals surface area contributed by atoms with Gasteiger partial charge in [0.15, 0.2) is 5.69 Å². The van der Waals surface area contributed by atoms with Gasteiger partial charge in [-0.25, -0.2) is 0 Å². The van der Waals surface area contributed by atoms with Gasteiger partial charge in [-0.05, 0) is 50.1 Å². The van der Waals surface area contributed by atoms with E-state index in [0.717, 1.165) is 31.5 Å². The zero-order chi connectivity index (χ0) is 15.5. The van der Waals surface area contributed by atoms with Crippen LogP contribution in [0.3, 0.4) is 0 Å². The van der Waals surface area contributed by atoms with Crippen molar-refractivity contribution in [2.45, 2.75) is 25.8 Å². The monoisotopic (exact) mass is 318 g/mol. The van der Waals surface area contributed by atoms with Crippen LogP contribution < -0.4 is 10.6 Å². The molecular formula is C16H19ClN4O. The molecule has 0 aliphatic carbocycles. The van der Waals surface area contributed by atoms with Crippen LogP contribution in [0.2, 0.25) is 5.02 Å². The molecule has 2 heterocycles. The fourth-order valence-corrected chi connectivity index (χ4v) is 2.83. The second-order valence-electron chi connectivity index (χ2n) is 5.55. The smallest absolute Gasteiger partial charge is 0.276 e. The van der Waals surface area contributed by atoms with Crippen molar-refractivity contribution in [3.05, 3.63) is 46.7 Å². The Morgan fingerprint density at radius 3 is 3.09 bits per heavy atom. The lowest BCUT2D eigenvalue weighted by atomic mass is 10.1. The number of benzene rings is 1. The highest BCUT2D eigenvalue weighted by molar-refractivity contribution is 6.31. The molecule has 1 atom stereocenters. The summed E-state index contributed by atoms with van der Waals surface area (Å²) in [6.07, 6.45) is 4.09. The van der Waals surface area contributed by atoms with Crippen LogP contribution in [0.1, 0.15) is 34.9 Å². The number of anilines is 1. The van der Waals surface area contributed by atoms with E-state index in [4.69, 9.17) is 11.6 Å². The zero-order valence-corrected chi connectivity index (χ0v) is 13.2. The van der Waals surface area contributed by atoms with Crippen LogP contribution in [-0.2, 0) is 0 Å². The van der Waals surface area contributed by atoms with Gasteiger partial charge in [-0.15, -0.1) is 0 Å². The molecule has 6 heteroatoms. The summed E-state index contributed by atoms with van der Waals surface area (Å²) in [5, 5.41) is 11.3. The molecule has 5 nitrogen and oxygen atoms in total. The summed E-state index contributed by atoms with van der Waals surface area (Å²) in [7, 11) is 0. The lowest BCUT2D eigenvalue weighted by molar-refractivity contribution is 0.102. The van der Waals surface area contributed by atoms with Crippen LogP contribution in [0.25, 0.3) is 0 Å². The molecule has 3 rings (SSSR count). The normalized spacial score (nSPS) is 18.2. The van der Waals surface area contributed by atoms with Gasteiger partial charge in [0.2, 0.25) is 0 Å². The number of nitrogens with zero attached hydrogens (tertiary/aromatic N) is 2. The third kappa shape index (κ3) is 3.15. The number of hydrogen-bond acceptors (Lipinski definition) is 3. The maximum atomic E-state index is 12.3. The van der Waals surface area contributed by atoms with E-state index >= 15 is 0 Å². The average molecular weight is 319 g/mol. The summed E-state index contributed by atoms with van der Waals surface area (Å²) in [5.41, 5.74) is 1.99. The first kappa shape index (κ1) is 15.1. The van der Waals surface area contributed by atoms with E-state index < -0.39 is 0 Å². The Kier molecular flexibility index (Phi) is 4.45. The number of nitrogens with one attached hydrogen (secondary N) is 2. The Hall–Kier alpha value is -1.85. The Bertz CT molecular complexity index is 677. The van der Waals surface area contributed by atoms with Crippen LogP contribution >= 0.6 is 11.6 Å². The van der Waals surface area contributed by atoms with E-state index in [-0.39, 0.29) is 5.91 Å². The van der Waals surface area contributed by atoms with E-state index in [1.807, 2.05) is 29.9 Å². The number of amides is 1. The number of aromatic nitrogens is 2. The van der Waals surface area contributed by atoms with Crippen LogP contribution in [0.5, 0.6) is 0 Å². The molecule has 1 saturated heterocycles. The van der Waals surface area contributed by atoms with E-state index in [2.05, 4.69) is 15.7 Å². The van der Waals surface area contributed by atoms with Gasteiger partial charge < -0.3 is 10.6 Å². The second-order valence-corrected chi connectivity index (χ2v) is 5.95. The maximum Gasteiger partial charge on any atom is 0.276 e. The number of carbonyl (C=O) groups is 1. The first-order valence-corrected chi connectivity index (χ1v) is 7.85. The molecule has 0 bridgehead atoms. The highest BCUT2D eigenvalue weighted by Gasteiger charge is 2.18. The van der Waals surface area contributed by atoms with Crippen molar-refractivity contribution in [2.75, 3.05) is 18.4 Å². The van der Waals surface area contributed by atoms with E-state index in [0.29, 0.717) is 22.4 Å². The summed E-state index contributed by atoms with van der Waals surface area (Å²) >= 11 is 6.07. The van der Waals surface area contributed by atoms with Crippen LogP contribution in [0, 0.1) is 6.92 Å². The molecule has 1 aromatic carbocycles. The van der Waals surface area contributed by atoms with Gasteiger partial charge in [0, 0.05) is 23.5 Å². The van der Waals surface area contributed by atoms with Gasteiger partial charge in [-0.1, -0.05) is 17.7 Å². The molecule has 1 aromatic heterocycles. The van der Waals surface area contributed by atoms with E-state index in [9.17, 15) is 4.79 Å². The van der Waals surface area contributed by atoms with Gasteiger partial charge >= 0.3 is 0 Å². The second kappa shape index (κ2) is 6.50. The minimum atomic E-state index is -0.215. The van der Waals surface area contributed by atoms with Crippen LogP contribution in [0.4, 0.5) is 5.69 Å². The molecule has 1 unspecified atom stereocenters. The van der Waals surface area contributed by atoms with Gasteiger partial charge in [0.25, 0.3) is 5.91 Å². The zero-order valence-electron chi connectivity index (χ0n) is 12.5. The summed E-state index contributed by atoms with van der Waals surface area (Å²) in [4.78, 5) is 12.3. The van der Waals surface area contributed by atoms with Gasteiger partial charge in [-0.2, -0.15) is 5.10 Å². The van der Waals surface area contributed by atoms with Crippen molar-refractivity contribution >= 4 is 23.2 Å². The quantitative estimate of drug-likeness (QED) is 0.914. The molecule has 2 aromatic rings. The lowest BCUT2D eigenvalue weighted by Gasteiger charge is -2.22. The molecule has 1 amide bonds. The highest BCUT2D eigenvalue weighted by Crippen LogP contribution is 2.23. The Labute approximate surface area is 134 Å². The SMILES string of the molecule is Cc1c(Cl)cccc1NC(=O)c1ccn(C2CCCNC2)n1. The molecule has 1 aliphatic rings. The molecule has 1 aliphatic heterocycles. The third-order valence-electron chi connectivity index (χ3n) is 4.00. The van der Waals surface area contributed by atoms with Crippen molar-refractivity contribution in [1.82, 2.24) is 15.1 Å². The fourth-order valence-electron chi connectivity index (χ4n) is 2.65. The minimum Gasteiger partial charge on any atom is -0.320 e. The van der Waals surface area contributed by atoms with Gasteiger partial charge in [-0.3, -0.25) is 9.48 Å². The molecule has 1 fully saturated rings. The number of piperidine rings is 1. The minimum absolute atomic E-state index is 0.215. The molecular weight excluding hydrogens is 300 g/mol. The Balaban J connectivity index is 1.72. The van der Waals surface area contributed by atoms with Crippen LogP contribution in [0.15, 0.2) is 30.5 Å². The molecule has 0 spiro atoms. The summed E-state index contributed by atoms with van der Waals surface area (Å²) < 4.78 is 1.88. The standard InChI is InChI=1S/C16H19ClN4O/c1-11-13(17)5-2-6-14(11)19-16(22)15-7-9-21(20-15)12-4-3-8-18-10-12/h2,5-7,9,12,18H,3-4,8,10H2,1H3,(H,19,22). The summed E-state index contributed by atoms with van der Waals surface area (Å²) in [5.74, 6) is -0.215. The van der Waals surface area contributed by atoms with Crippen LogP contribution in [-0.4, -0.2) is 28.8 Å². The molecule has 0 saturated carbocycles. The Morgan fingerprint density at radius 2 is 2.32 bits per heavy atom. The topological polar surface area (TPSA) is 59.0 Å². The van der Waals surface area contributed by atoms with Gasteiger partial charge in [0.05, 0.1) is 6.04 Å². The highest BCUT2D eigenvalue weighted by atomic mass is 35.5. The summed E-state index contributed by atoms with van der Waals surface area (Å²) in [6.45, 7) is 3.83. The van der Waals surface area contributed by atoms with Crippen molar-refractivity contribution in [1.29, 1.82) is 0 Å². The van der Waals surface area contributed by atoms with E-state index in [1.54, 1.807) is 12.1 Å². The Morgan fingerprint density at radius 1 is 1.45 bits per heavy atom. The predicted molar refractivity (Wildman–Crippen MR) is 87.5 cm³/mol. The van der Waals surface area contributed by atoms with Crippen molar-refractivity contribution < 1.29 is 4.79 Å². The van der Waals surface area contributed by atoms with Crippen molar-refractivity contribution in [2.24, 2.45) is 0 Å². The summed E-state index contributed by atoms with van der Waals surface area (Å²) in [6, 6.07) is 7.53. The fraction of sp³-hybridized carbons (Fsp3) is 0.375. The van der Waals surface area contributed by atoms with Crippen molar-refractivity contribution in [3.63, 3.8) is 0 Å².